The zero-order chi connectivity index (χ0) is 12.6. The third-order valence-electron chi connectivity index (χ3n) is 3.16. The molecule has 0 unspecified atom stereocenters. The highest BCUT2D eigenvalue weighted by Crippen LogP contribution is 2.27. The molecule has 1 aliphatic heterocycles. The molecule has 0 aliphatic carbocycles. The van der Waals surface area contributed by atoms with Gasteiger partial charge in [-0.1, -0.05) is 18.5 Å². The molecule has 0 bridgehead atoms. The highest BCUT2D eigenvalue weighted by Gasteiger charge is 2.42. The number of rotatable bonds is 2. The van der Waals surface area contributed by atoms with Gasteiger partial charge in [0, 0.05) is 5.56 Å². The van der Waals surface area contributed by atoms with Gasteiger partial charge < -0.3 is 15.7 Å². The van der Waals surface area contributed by atoms with Gasteiger partial charge in [-0.2, -0.15) is 0 Å². The summed E-state index contributed by atoms with van der Waals surface area (Å²) < 4.78 is 0. The summed E-state index contributed by atoms with van der Waals surface area (Å²) in [5.41, 5.74) is 5.82. The van der Waals surface area contributed by atoms with Gasteiger partial charge in [0.05, 0.1) is 29.4 Å². The number of anilines is 1. The number of nitrogens with two attached hydrogens (primary N) is 1. The number of amides is 1. The first-order chi connectivity index (χ1) is 7.95. The summed E-state index contributed by atoms with van der Waals surface area (Å²) in [6, 6.07) is 4.82. The fraction of sp³-hybridized carbons (Fsp3) is 0.417. The maximum atomic E-state index is 12.0. The van der Waals surface area contributed by atoms with Crippen LogP contribution in [0, 0.1) is 0 Å². The second-order valence-corrected chi connectivity index (χ2v) is 4.88. The quantitative estimate of drug-likeness (QED) is 0.787. The van der Waals surface area contributed by atoms with Crippen LogP contribution in [-0.2, 0) is 0 Å². The van der Waals surface area contributed by atoms with Crippen LogP contribution in [0.4, 0.5) is 5.69 Å². The van der Waals surface area contributed by atoms with Crippen LogP contribution >= 0.6 is 11.6 Å². The summed E-state index contributed by atoms with van der Waals surface area (Å²) in [6.07, 6.45) is 0.652. The molecule has 1 saturated heterocycles. The number of likely N-dealkylation sites (tertiary alicyclic amines) is 1. The number of benzene rings is 1. The summed E-state index contributed by atoms with van der Waals surface area (Å²) in [5, 5.41) is 10.2. The van der Waals surface area contributed by atoms with Gasteiger partial charge in [0.15, 0.2) is 0 Å². The highest BCUT2D eigenvalue weighted by atomic mass is 35.5. The first kappa shape index (κ1) is 12.2. The van der Waals surface area contributed by atoms with Gasteiger partial charge in [0.25, 0.3) is 5.91 Å². The van der Waals surface area contributed by atoms with E-state index in [0.29, 0.717) is 35.8 Å². The van der Waals surface area contributed by atoms with Crippen molar-refractivity contribution in [1.29, 1.82) is 0 Å². The lowest BCUT2D eigenvalue weighted by Crippen LogP contribution is -2.63. The topological polar surface area (TPSA) is 66.6 Å². The van der Waals surface area contributed by atoms with E-state index in [1.54, 1.807) is 23.1 Å². The SMILES string of the molecule is CCC1(O)CN(C(=O)c2ccc(N)c(Cl)c2)C1. The van der Waals surface area contributed by atoms with E-state index in [2.05, 4.69) is 0 Å². The van der Waals surface area contributed by atoms with Crippen molar-refractivity contribution in [2.45, 2.75) is 18.9 Å². The van der Waals surface area contributed by atoms with E-state index in [-0.39, 0.29) is 5.91 Å². The molecule has 1 fully saturated rings. The Morgan fingerprint density at radius 3 is 2.76 bits per heavy atom. The van der Waals surface area contributed by atoms with E-state index in [9.17, 15) is 9.90 Å². The van der Waals surface area contributed by atoms with Crippen molar-refractivity contribution in [3.63, 3.8) is 0 Å². The fourth-order valence-corrected chi connectivity index (χ4v) is 2.05. The molecular formula is C12H15ClN2O2. The van der Waals surface area contributed by atoms with E-state index in [1.807, 2.05) is 6.92 Å². The van der Waals surface area contributed by atoms with Gasteiger partial charge >= 0.3 is 0 Å². The Bertz CT molecular complexity index is 456. The van der Waals surface area contributed by atoms with Gasteiger partial charge in [-0.3, -0.25) is 4.79 Å². The van der Waals surface area contributed by atoms with Gasteiger partial charge in [-0.15, -0.1) is 0 Å². The number of hydrogen-bond acceptors (Lipinski definition) is 3. The zero-order valence-electron chi connectivity index (χ0n) is 9.61. The van der Waals surface area contributed by atoms with Crippen LogP contribution in [0.3, 0.4) is 0 Å². The Kier molecular flexibility index (Phi) is 3.02. The van der Waals surface area contributed by atoms with E-state index < -0.39 is 5.60 Å². The van der Waals surface area contributed by atoms with Crippen molar-refractivity contribution in [2.75, 3.05) is 18.8 Å². The van der Waals surface area contributed by atoms with Crippen molar-refractivity contribution in [3.05, 3.63) is 28.8 Å². The third-order valence-corrected chi connectivity index (χ3v) is 3.49. The summed E-state index contributed by atoms with van der Waals surface area (Å²) >= 11 is 5.86. The average molecular weight is 255 g/mol. The number of hydrogen-bond donors (Lipinski definition) is 2. The fourth-order valence-electron chi connectivity index (χ4n) is 1.87. The standard InChI is InChI=1S/C12H15ClN2O2/c1-2-12(17)6-15(7-12)11(16)8-3-4-10(14)9(13)5-8/h3-5,17H,2,6-7,14H2,1H3. The predicted octanol–water partition coefficient (Wildman–Crippen LogP) is 1.52. The number of halogens is 1. The van der Waals surface area contributed by atoms with Crippen LogP contribution in [0.1, 0.15) is 23.7 Å². The Balaban J connectivity index is 2.09. The Morgan fingerprint density at radius 2 is 2.24 bits per heavy atom. The molecule has 4 nitrogen and oxygen atoms in total. The molecule has 1 aromatic rings. The molecule has 1 heterocycles. The number of carbonyl (C=O) groups excluding carboxylic acids is 1. The average Bonchev–Trinajstić information content (AvgIpc) is 2.27. The minimum atomic E-state index is -0.715. The van der Waals surface area contributed by atoms with E-state index >= 15 is 0 Å². The molecule has 3 N–H and O–H groups in total. The van der Waals surface area contributed by atoms with Crippen LogP contribution in [0.5, 0.6) is 0 Å². The monoisotopic (exact) mass is 254 g/mol. The largest absolute Gasteiger partial charge is 0.398 e. The maximum Gasteiger partial charge on any atom is 0.254 e. The molecular weight excluding hydrogens is 240 g/mol. The van der Waals surface area contributed by atoms with Crippen molar-refractivity contribution in [3.8, 4) is 0 Å². The minimum absolute atomic E-state index is 0.120. The van der Waals surface area contributed by atoms with E-state index in [0.717, 1.165) is 0 Å². The summed E-state index contributed by atoms with van der Waals surface area (Å²) in [4.78, 5) is 13.6. The van der Waals surface area contributed by atoms with Crippen LogP contribution < -0.4 is 5.73 Å². The molecule has 92 valence electrons. The molecule has 1 aromatic carbocycles. The maximum absolute atomic E-state index is 12.0. The summed E-state index contributed by atoms with van der Waals surface area (Å²) in [7, 11) is 0. The molecule has 0 atom stereocenters. The number of aliphatic hydroxyl groups is 1. The third kappa shape index (κ3) is 2.23. The van der Waals surface area contributed by atoms with Crippen LogP contribution in [0.25, 0.3) is 0 Å². The van der Waals surface area contributed by atoms with Crippen molar-refractivity contribution >= 4 is 23.2 Å². The molecule has 2 rings (SSSR count). The smallest absolute Gasteiger partial charge is 0.254 e. The lowest BCUT2D eigenvalue weighted by Gasteiger charge is -2.46. The Hall–Kier alpha value is -1.26. The molecule has 0 aromatic heterocycles. The van der Waals surface area contributed by atoms with Crippen LogP contribution in [0.2, 0.25) is 5.02 Å². The van der Waals surface area contributed by atoms with Crippen molar-refractivity contribution < 1.29 is 9.90 Å². The predicted molar refractivity (Wildman–Crippen MR) is 67.0 cm³/mol. The first-order valence-corrected chi connectivity index (χ1v) is 5.90. The number of nitrogens with zero attached hydrogens (tertiary/aromatic N) is 1. The van der Waals surface area contributed by atoms with E-state index in [1.165, 1.54) is 0 Å². The second-order valence-electron chi connectivity index (χ2n) is 4.48. The van der Waals surface area contributed by atoms with E-state index in [4.69, 9.17) is 17.3 Å². The molecule has 0 radical (unpaired) electrons. The second kappa shape index (κ2) is 4.20. The first-order valence-electron chi connectivity index (χ1n) is 5.52. The van der Waals surface area contributed by atoms with Crippen molar-refractivity contribution in [2.24, 2.45) is 0 Å². The summed E-state index contributed by atoms with van der Waals surface area (Å²) in [5.74, 6) is -0.120. The van der Waals surface area contributed by atoms with Gasteiger partial charge in [0.2, 0.25) is 0 Å². The number of carbonyl (C=O) groups is 1. The van der Waals surface area contributed by atoms with Gasteiger partial charge in [0.1, 0.15) is 0 Å². The molecule has 0 saturated carbocycles. The normalized spacial score (nSPS) is 17.7. The molecule has 1 aliphatic rings. The molecule has 5 heteroatoms. The lowest BCUT2D eigenvalue weighted by atomic mass is 9.90. The Labute approximate surface area is 105 Å². The van der Waals surface area contributed by atoms with Crippen LogP contribution in [-0.4, -0.2) is 34.6 Å². The number of nitrogen functional groups attached to an aromatic ring is 1. The molecule has 1 amide bonds. The van der Waals surface area contributed by atoms with Crippen LogP contribution in [0.15, 0.2) is 18.2 Å². The highest BCUT2D eigenvalue weighted by molar-refractivity contribution is 6.33. The lowest BCUT2D eigenvalue weighted by molar-refractivity contribution is -0.0826. The van der Waals surface area contributed by atoms with Crippen molar-refractivity contribution in [1.82, 2.24) is 4.90 Å². The van der Waals surface area contributed by atoms with Gasteiger partial charge in [-0.05, 0) is 24.6 Å². The number of β-amino-alcohol motifs (C(OH)–C–C–N with tert-alkyl or cyclic N) is 1. The zero-order valence-corrected chi connectivity index (χ0v) is 10.4. The Morgan fingerprint density at radius 1 is 1.59 bits per heavy atom. The minimum Gasteiger partial charge on any atom is -0.398 e. The summed E-state index contributed by atoms with van der Waals surface area (Å²) in [6.45, 7) is 2.66. The van der Waals surface area contributed by atoms with Gasteiger partial charge in [-0.25, -0.2) is 0 Å². The molecule has 17 heavy (non-hydrogen) atoms. The molecule has 0 spiro atoms.